The summed E-state index contributed by atoms with van der Waals surface area (Å²) in [4.78, 5) is 50.0. The maximum absolute atomic E-state index is 11.9. The lowest BCUT2D eigenvalue weighted by atomic mass is 10.2. The highest BCUT2D eigenvalue weighted by atomic mass is 16.6. The van der Waals surface area contributed by atoms with Crippen molar-refractivity contribution in [2.24, 2.45) is 0 Å². The molecular formula is C29H46N2O11. The third kappa shape index (κ3) is 24.1. The fourth-order valence-electron chi connectivity index (χ4n) is 2.89. The van der Waals surface area contributed by atoms with Crippen LogP contribution in [-0.4, -0.2) is 110 Å². The summed E-state index contributed by atoms with van der Waals surface area (Å²) in [7, 11) is 1.49. The predicted octanol–water partition coefficient (Wildman–Crippen LogP) is 1.81. The molecule has 0 unspecified atom stereocenters. The Morgan fingerprint density at radius 3 is 1.24 bits per heavy atom. The number of ether oxygens (including phenoxy) is 5. The predicted molar refractivity (Wildman–Crippen MR) is 153 cm³/mol. The normalized spacial score (nSPS) is 11.4. The topological polar surface area (TPSA) is 161 Å². The molecule has 238 valence electrons. The number of aliphatic hydroxyl groups is 2. The molecule has 0 aromatic rings. The first-order valence-corrected chi connectivity index (χ1v) is 14.0. The smallest absolute Gasteiger partial charge is 0.332 e. The van der Waals surface area contributed by atoms with Crippen LogP contribution in [0, 0.1) is 0 Å². The molecular weight excluding hydrogens is 552 g/mol. The number of hydrogen-bond donors (Lipinski definition) is 2. The van der Waals surface area contributed by atoms with Gasteiger partial charge < -0.3 is 43.7 Å². The van der Waals surface area contributed by atoms with Gasteiger partial charge in [-0.1, -0.05) is 13.3 Å². The van der Waals surface area contributed by atoms with E-state index in [9.17, 15) is 19.2 Å². The molecule has 0 aliphatic rings. The number of carbonyl (C=O) groups excluding carboxylic acids is 4. The quantitative estimate of drug-likeness (QED) is 0.0678. The van der Waals surface area contributed by atoms with Crippen molar-refractivity contribution in [3.63, 3.8) is 0 Å². The maximum Gasteiger partial charge on any atom is 0.332 e. The van der Waals surface area contributed by atoms with Crippen LogP contribution in [0.3, 0.4) is 0 Å². The highest BCUT2D eigenvalue weighted by Crippen LogP contribution is 2.02. The zero-order chi connectivity index (χ0) is 31.3. The average molecular weight is 599 g/mol. The molecule has 0 amide bonds. The van der Waals surface area contributed by atoms with Gasteiger partial charge in [-0.2, -0.15) is 0 Å². The van der Waals surface area contributed by atoms with E-state index in [1.54, 1.807) is 0 Å². The van der Waals surface area contributed by atoms with Crippen LogP contribution in [0.15, 0.2) is 49.1 Å². The second-order valence-electron chi connectivity index (χ2n) is 8.62. The fourth-order valence-corrected chi connectivity index (χ4v) is 2.89. The summed E-state index contributed by atoms with van der Waals surface area (Å²) in [6.07, 6.45) is 14.9. The highest BCUT2D eigenvalue weighted by molar-refractivity contribution is 5.83. The zero-order valence-electron chi connectivity index (χ0n) is 24.7. The van der Waals surface area contributed by atoms with Crippen molar-refractivity contribution < 1.29 is 53.1 Å². The van der Waals surface area contributed by atoms with E-state index in [1.165, 1.54) is 66.0 Å². The number of hydrogen-bond acceptors (Lipinski definition) is 13. The van der Waals surface area contributed by atoms with Gasteiger partial charge in [0.05, 0.1) is 39.6 Å². The standard InChI is InChI=1S/C29H46N2O11/c1-3-4-21-39-26(34)9-13-30(17-19-32)14-10-27(35)40-22-7-5-6-8-23-41-28(36)11-15-31(18-20-33)16-12-29(37)42-25-24-38-2/h9-16,32-33H,3-8,17-25H2,1-2H3/b13-9+,14-10+,15-11+,16-12+. The van der Waals surface area contributed by atoms with Crippen LogP contribution in [0.1, 0.15) is 45.4 Å². The van der Waals surface area contributed by atoms with Gasteiger partial charge in [-0.25, -0.2) is 19.2 Å². The van der Waals surface area contributed by atoms with E-state index in [4.69, 9.17) is 33.9 Å². The molecule has 0 spiro atoms. The van der Waals surface area contributed by atoms with Crippen LogP contribution in [-0.2, 0) is 42.9 Å². The van der Waals surface area contributed by atoms with Gasteiger partial charge in [0.15, 0.2) is 0 Å². The Bertz CT molecular complexity index is 802. The molecule has 0 aromatic heterocycles. The molecule has 0 heterocycles. The number of rotatable bonds is 25. The zero-order valence-corrected chi connectivity index (χ0v) is 24.7. The monoisotopic (exact) mass is 598 g/mol. The number of nitrogens with zero attached hydrogens (tertiary/aromatic N) is 2. The molecule has 0 aromatic carbocycles. The van der Waals surface area contributed by atoms with Crippen molar-refractivity contribution in [3.8, 4) is 0 Å². The fraction of sp³-hybridized carbons (Fsp3) is 0.586. The molecule has 0 bridgehead atoms. The maximum atomic E-state index is 11.9. The van der Waals surface area contributed by atoms with E-state index in [0.29, 0.717) is 19.4 Å². The van der Waals surface area contributed by atoms with E-state index in [0.717, 1.165) is 25.7 Å². The molecule has 13 nitrogen and oxygen atoms in total. The molecule has 0 fully saturated rings. The van der Waals surface area contributed by atoms with E-state index in [2.05, 4.69) is 0 Å². The molecule has 0 saturated carbocycles. The van der Waals surface area contributed by atoms with Gasteiger partial charge in [-0.15, -0.1) is 0 Å². The lowest BCUT2D eigenvalue weighted by molar-refractivity contribution is -0.139. The molecule has 0 radical (unpaired) electrons. The summed E-state index contributed by atoms with van der Waals surface area (Å²) < 4.78 is 25.0. The summed E-state index contributed by atoms with van der Waals surface area (Å²) in [5.41, 5.74) is 0. The van der Waals surface area contributed by atoms with Crippen LogP contribution in [0.5, 0.6) is 0 Å². The molecule has 2 N–H and O–H groups in total. The molecule has 13 heteroatoms. The minimum Gasteiger partial charge on any atom is -0.462 e. The molecule has 0 aliphatic carbocycles. The summed E-state index contributed by atoms with van der Waals surface area (Å²) in [5.74, 6) is -2.19. The average Bonchev–Trinajstić information content (AvgIpc) is 2.97. The van der Waals surface area contributed by atoms with Gasteiger partial charge >= 0.3 is 23.9 Å². The van der Waals surface area contributed by atoms with Gasteiger partial charge in [0.2, 0.25) is 0 Å². The first-order valence-electron chi connectivity index (χ1n) is 14.0. The number of aliphatic hydroxyl groups excluding tert-OH is 2. The Labute approximate surface area is 248 Å². The summed E-state index contributed by atoms with van der Waals surface area (Å²) in [6.45, 7) is 3.16. The Morgan fingerprint density at radius 1 is 0.548 bits per heavy atom. The molecule has 0 atom stereocenters. The van der Waals surface area contributed by atoms with Crippen molar-refractivity contribution in [1.29, 1.82) is 0 Å². The van der Waals surface area contributed by atoms with Crippen LogP contribution in [0.25, 0.3) is 0 Å². The lowest BCUT2D eigenvalue weighted by Crippen LogP contribution is -2.16. The van der Waals surface area contributed by atoms with Crippen LogP contribution >= 0.6 is 0 Å². The van der Waals surface area contributed by atoms with Crippen molar-refractivity contribution in [1.82, 2.24) is 9.80 Å². The number of unbranched alkanes of at least 4 members (excludes halogenated alkanes) is 4. The van der Waals surface area contributed by atoms with Crippen molar-refractivity contribution in [2.75, 3.05) is 66.4 Å². The SMILES string of the molecule is CCCCOC(=O)/C=C/N(/C=C/C(=O)OCCCCCCOC(=O)/C=C/N(/C=C/C(=O)OCCOC)CCO)CCO. The van der Waals surface area contributed by atoms with Crippen molar-refractivity contribution in [3.05, 3.63) is 49.1 Å². The molecule has 0 aliphatic heterocycles. The third-order valence-electron chi connectivity index (χ3n) is 5.13. The number of carbonyl (C=O) groups is 4. The summed E-state index contributed by atoms with van der Waals surface area (Å²) in [6, 6.07) is 0. The summed E-state index contributed by atoms with van der Waals surface area (Å²) in [5, 5.41) is 18.3. The summed E-state index contributed by atoms with van der Waals surface area (Å²) >= 11 is 0. The molecule has 0 rings (SSSR count). The van der Waals surface area contributed by atoms with E-state index < -0.39 is 23.9 Å². The van der Waals surface area contributed by atoms with Crippen LogP contribution < -0.4 is 0 Å². The Kier molecular flexibility index (Phi) is 25.1. The van der Waals surface area contributed by atoms with Gasteiger partial charge in [0, 0.05) is 69.3 Å². The second kappa shape index (κ2) is 27.5. The van der Waals surface area contributed by atoms with Crippen molar-refractivity contribution in [2.45, 2.75) is 45.4 Å². The minimum atomic E-state index is -0.576. The Balaban J connectivity index is 4.17. The first kappa shape index (κ1) is 38.3. The molecule has 42 heavy (non-hydrogen) atoms. The number of esters is 4. The van der Waals surface area contributed by atoms with Crippen LogP contribution in [0.2, 0.25) is 0 Å². The largest absolute Gasteiger partial charge is 0.462 e. The van der Waals surface area contributed by atoms with Gasteiger partial charge in [-0.3, -0.25) is 0 Å². The van der Waals surface area contributed by atoms with Gasteiger partial charge in [-0.05, 0) is 32.1 Å². The minimum absolute atomic E-state index is 0.119. The van der Waals surface area contributed by atoms with Crippen molar-refractivity contribution >= 4 is 23.9 Å². The van der Waals surface area contributed by atoms with Gasteiger partial charge in [0.1, 0.15) is 6.61 Å². The molecule has 0 saturated heterocycles. The second-order valence-corrected chi connectivity index (χ2v) is 8.62. The van der Waals surface area contributed by atoms with E-state index >= 15 is 0 Å². The number of methoxy groups -OCH3 is 1. The highest BCUT2D eigenvalue weighted by Gasteiger charge is 2.03. The van der Waals surface area contributed by atoms with E-state index in [1.807, 2.05) is 6.92 Å². The van der Waals surface area contributed by atoms with Crippen LogP contribution in [0.4, 0.5) is 0 Å². The first-order chi connectivity index (χ1) is 20.4. The Morgan fingerprint density at radius 2 is 0.905 bits per heavy atom. The van der Waals surface area contributed by atoms with Gasteiger partial charge in [0.25, 0.3) is 0 Å². The van der Waals surface area contributed by atoms with E-state index in [-0.39, 0.29) is 52.7 Å². The third-order valence-corrected chi connectivity index (χ3v) is 5.13. The Hall–Kier alpha value is -3.68. The lowest BCUT2D eigenvalue weighted by Gasteiger charge is -2.13.